The third-order valence-electron chi connectivity index (χ3n) is 4.03. The first-order valence-corrected chi connectivity index (χ1v) is 8.33. The van der Waals surface area contributed by atoms with Crippen LogP contribution in [0.2, 0.25) is 0 Å². The lowest BCUT2D eigenvalue weighted by Gasteiger charge is -2.03. The molecular formula is C19H17N3O5. The number of nitrogens with one attached hydrogen (secondary N) is 1. The molecule has 2 aromatic carbocycles. The molecule has 4 rings (SSSR count). The molecule has 1 aliphatic rings. The molecule has 0 bridgehead atoms. The maximum atomic E-state index is 12.1. The van der Waals surface area contributed by atoms with Crippen LogP contribution >= 0.6 is 0 Å². The van der Waals surface area contributed by atoms with Gasteiger partial charge in [-0.2, -0.15) is 0 Å². The molecule has 0 saturated carbocycles. The Hall–Kier alpha value is -3.55. The molecule has 0 spiro atoms. The zero-order chi connectivity index (χ0) is 18.6. The standard InChI is InChI=1S/C19H17N3O5/c1-24-14-5-2-12(3-6-14)9-17(23)20-19-22-21-18(27-19)10-13-4-7-15-16(8-13)26-11-25-15/h2-8H,9-11H2,1H3,(H,20,22,23). The van der Waals surface area contributed by atoms with E-state index in [4.69, 9.17) is 18.6 Å². The number of amides is 1. The monoisotopic (exact) mass is 367 g/mol. The fourth-order valence-electron chi connectivity index (χ4n) is 2.69. The summed E-state index contributed by atoms with van der Waals surface area (Å²) >= 11 is 0. The van der Waals surface area contributed by atoms with Gasteiger partial charge in [0.15, 0.2) is 11.5 Å². The molecule has 8 heteroatoms. The highest BCUT2D eigenvalue weighted by Gasteiger charge is 2.15. The molecular weight excluding hydrogens is 350 g/mol. The van der Waals surface area contributed by atoms with Crippen LogP contribution in [0, 0.1) is 0 Å². The number of anilines is 1. The van der Waals surface area contributed by atoms with Gasteiger partial charge in [-0.05, 0) is 35.4 Å². The van der Waals surface area contributed by atoms with Gasteiger partial charge in [0.25, 0.3) is 0 Å². The van der Waals surface area contributed by atoms with Crippen LogP contribution in [0.1, 0.15) is 17.0 Å². The van der Waals surface area contributed by atoms with Gasteiger partial charge in [0.2, 0.25) is 18.6 Å². The van der Waals surface area contributed by atoms with Crippen LogP contribution in [0.5, 0.6) is 17.2 Å². The van der Waals surface area contributed by atoms with E-state index in [1.807, 2.05) is 30.3 Å². The second-order valence-electron chi connectivity index (χ2n) is 5.94. The number of hydrogen-bond acceptors (Lipinski definition) is 7. The lowest BCUT2D eigenvalue weighted by molar-refractivity contribution is -0.115. The second kappa shape index (κ2) is 7.36. The van der Waals surface area contributed by atoms with Crippen LogP contribution in [0.3, 0.4) is 0 Å². The van der Waals surface area contributed by atoms with E-state index >= 15 is 0 Å². The van der Waals surface area contributed by atoms with Gasteiger partial charge in [0.1, 0.15) is 5.75 Å². The molecule has 27 heavy (non-hydrogen) atoms. The highest BCUT2D eigenvalue weighted by molar-refractivity contribution is 5.90. The van der Waals surface area contributed by atoms with Gasteiger partial charge < -0.3 is 18.6 Å². The molecule has 0 saturated heterocycles. The Morgan fingerprint density at radius 2 is 1.85 bits per heavy atom. The predicted octanol–water partition coefficient (Wildman–Crippen LogP) is 2.58. The molecule has 0 unspecified atom stereocenters. The van der Waals surface area contributed by atoms with Crippen molar-refractivity contribution in [1.82, 2.24) is 10.2 Å². The van der Waals surface area contributed by atoms with Crippen LogP contribution in [0.4, 0.5) is 6.01 Å². The maximum Gasteiger partial charge on any atom is 0.322 e. The molecule has 138 valence electrons. The largest absolute Gasteiger partial charge is 0.497 e. The fraction of sp³-hybridized carbons (Fsp3) is 0.211. The van der Waals surface area contributed by atoms with Gasteiger partial charge in [-0.3, -0.25) is 10.1 Å². The number of carbonyl (C=O) groups excluding carboxylic acids is 1. The van der Waals surface area contributed by atoms with Crippen LogP contribution in [-0.4, -0.2) is 30.0 Å². The summed E-state index contributed by atoms with van der Waals surface area (Å²) in [6.07, 6.45) is 0.627. The average molecular weight is 367 g/mol. The summed E-state index contributed by atoms with van der Waals surface area (Å²) in [6.45, 7) is 0.226. The quantitative estimate of drug-likeness (QED) is 0.715. The van der Waals surface area contributed by atoms with Crippen LogP contribution < -0.4 is 19.5 Å². The smallest absolute Gasteiger partial charge is 0.322 e. The maximum absolute atomic E-state index is 12.1. The fourth-order valence-corrected chi connectivity index (χ4v) is 2.69. The Morgan fingerprint density at radius 1 is 1.07 bits per heavy atom. The molecule has 1 amide bonds. The topological polar surface area (TPSA) is 95.7 Å². The van der Waals surface area contributed by atoms with Crippen molar-refractivity contribution in [2.75, 3.05) is 19.2 Å². The molecule has 2 heterocycles. The minimum Gasteiger partial charge on any atom is -0.497 e. The van der Waals surface area contributed by atoms with E-state index in [1.54, 1.807) is 19.2 Å². The van der Waals surface area contributed by atoms with Crippen molar-refractivity contribution >= 4 is 11.9 Å². The molecule has 8 nitrogen and oxygen atoms in total. The second-order valence-corrected chi connectivity index (χ2v) is 5.94. The zero-order valence-electron chi connectivity index (χ0n) is 14.6. The normalized spacial score (nSPS) is 12.0. The SMILES string of the molecule is COc1ccc(CC(=O)Nc2nnc(Cc3ccc4c(c3)OCO4)o2)cc1. The van der Waals surface area contributed by atoms with E-state index in [2.05, 4.69) is 15.5 Å². The summed E-state index contributed by atoms with van der Waals surface area (Å²) in [5.74, 6) is 2.31. The van der Waals surface area contributed by atoms with Crippen molar-refractivity contribution in [1.29, 1.82) is 0 Å². The molecule has 1 N–H and O–H groups in total. The van der Waals surface area contributed by atoms with Crippen molar-refractivity contribution in [3.05, 3.63) is 59.5 Å². The Bertz CT molecular complexity index is 952. The summed E-state index contributed by atoms with van der Waals surface area (Å²) in [7, 11) is 1.60. The number of hydrogen-bond donors (Lipinski definition) is 1. The summed E-state index contributed by atoms with van der Waals surface area (Å²) in [5.41, 5.74) is 1.80. The summed E-state index contributed by atoms with van der Waals surface area (Å²) in [5, 5.41) is 10.4. The lowest BCUT2D eigenvalue weighted by Crippen LogP contribution is -2.14. The summed E-state index contributed by atoms with van der Waals surface area (Å²) < 4.78 is 21.2. The first kappa shape index (κ1) is 16.9. The van der Waals surface area contributed by atoms with Gasteiger partial charge in [-0.25, -0.2) is 0 Å². The van der Waals surface area contributed by atoms with Crippen molar-refractivity contribution in [2.45, 2.75) is 12.8 Å². The molecule has 0 atom stereocenters. The third kappa shape index (κ3) is 4.00. The minimum atomic E-state index is -0.238. The number of ether oxygens (including phenoxy) is 3. The predicted molar refractivity (Wildman–Crippen MR) is 95.0 cm³/mol. The Kier molecular flexibility index (Phi) is 4.61. The van der Waals surface area contributed by atoms with E-state index in [0.717, 1.165) is 22.6 Å². The molecule has 1 aliphatic heterocycles. The van der Waals surface area contributed by atoms with Crippen molar-refractivity contribution < 1.29 is 23.4 Å². The number of methoxy groups -OCH3 is 1. The molecule has 1 aromatic heterocycles. The molecule has 0 aliphatic carbocycles. The van der Waals surface area contributed by atoms with Crippen molar-refractivity contribution in [3.8, 4) is 17.2 Å². The van der Waals surface area contributed by atoms with E-state index in [9.17, 15) is 4.79 Å². The van der Waals surface area contributed by atoms with Gasteiger partial charge in [-0.1, -0.05) is 23.3 Å². The first-order chi connectivity index (χ1) is 13.2. The average Bonchev–Trinajstić information content (AvgIpc) is 3.31. The Labute approximate surface area is 155 Å². The highest BCUT2D eigenvalue weighted by Crippen LogP contribution is 2.33. The number of benzene rings is 2. The number of fused-ring (bicyclic) bond motifs is 1. The third-order valence-corrected chi connectivity index (χ3v) is 4.03. The molecule has 0 fully saturated rings. The van der Waals surface area contributed by atoms with Gasteiger partial charge in [0.05, 0.1) is 20.0 Å². The Morgan fingerprint density at radius 3 is 2.67 bits per heavy atom. The molecule has 0 radical (unpaired) electrons. The van der Waals surface area contributed by atoms with E-state index in [-0.39, 0.29) is 25.1 Å². The van der Waals surface area contributed by atoms with Crippen LogP contribution in [0.15, 0.2) is 46.9 Å². The van der Waals surface area contributed by atoms with Crippen molar-refractivity contribution in [3.63, 3.8) is 0 Å². The first-order valence-electron chi connectivity index (χ1n) is 8.33. The van der Waals surface area contributed by atoms with E-state index < -0.39 is 0 Å². The summed E-state index contributed by atoms with van der Waals surface area (Å²) in [6, 6.07) is 13.0. The molecule has 3 aromatic rings. The number of nitrogens with zero attached hydrogens (tertiary/aromatic N) is 2. The number of carbonyl (C=O) groups is 1. The van der Waals surface area contributed by atoms with E-state index in [1.165, 1.54) is 0 Å². The number of aromatic nitrogens is 2. The summed E-state index contributed by atoms with van der Waals surface area (Å²) in [4.78, 5) is 12.1. The van der Waals surface area contributed by atoms with Gasteiger partial charge in [-0.15, -0.1) is 5.10 Å². The van der Waals surface area contributed by atoms with Gasteiger partial charge >= 0.3 is 6.01 Å². The van der Waals surface area contributed by atoms with Gasteiger partial charge in [0, 0.05) is 0 Å². The zero-order valence-corrected chi connectivity index (χ0v) is 14.6. The van der Waals surface area contributed by atoms with E-state index in [0.29, 0.717) is 18.1 Å². The van der Waals surface area contributed by atoms with Crippen LogP contribution in [0.25, 0.3) is 0 Å². The van der Waals surface area contributed by atoms with Crippen LogP contribution in [-0.2, 0) is 17.6 Å². The Balaban J connectivity index is 1.35. The number of rotatable bonds is 6. The highest BCUT2D eigenvalue weighted by atomic mass is 16.7. The minimum absolute atomic E-state index is 0.0734. The lowest BCUT2D eigenvalue weighted by atomic mass is 10.1. The van der Waals surface area contributed by atoms with Crippen molar-refractivity contribution in [2.24, 2.45) is 0 Å².